The van der Waals surface area contributed by atoms with Gasteiger partial charge in [0, 0.05) is 11.1 Å². The summed E-state index contributed by atoms with van der Waals surface area (Å²) < 4.78 is 19.2. The molecule has 1 rings (SSSR count). The number of unbranched alkanes of at least 4 members (excludes halogenated alkanes) is 5. The molecule has 0 aliphatic rings. The van der Waals surface area contributed by atoms with Crippen LogP contribution in [-0.2, 0) is 11.3 Å². The summed E-state index contributed by atoms with van der Waals surface area (Å²) in [5, 5.41) is 0. The van der Waals surface area contributed by atoms with Gasteiger partial charge in [0.15, 0.2) is 0 Å². The van der Waals surface area contributed by atoms with E-state index >= 15 is 0 Å². The molecular formula is C15H22BrFO. The highest BCUT2D eigenvalue weighted by atomic mass is 79.9. The second kappa shape index (κ2) is 9.51. The van der Waals surface area contributed by atoms with Crippen LogP contribution in [0.4, 0.5) is 4.39 Å². The molecule has 1 aromatic carbocycles. The maximum atomic E-state index is 12.9. The largest absolute Gasteiger partial charge is 0.377 e. The van der Waals surface area contributed by atoms with Crippen LogP contribution >= 0.6 is 15.9 Å². The van der Waals surface area contributed by atoms with Gasteiger partial charge in [-0.25, -0.2) is 4.39 Å². The van der Waals surface area contributed by atoms with E-state index in [0.717, 1.165) is 23.1 Å². The number of hydrogen-bond donors (Lipinski definition) is 0. The number of benzene rings is 1. The van der Waals surface area contributed by atoms with E-state index < -0.39 is 0 Å². The zero-order chi connectivity index (χ0) is 13.2. The van der Waals surface area contributed by atoms with Crippen molar-refractivity contribution in [2.75, 3.05) is 6.61 Å². The first-order valence-electron chi connectivity index (χ1n) is 6.75. The van der Waals surface area contributed by atoms with Crippen LogP contribution in [0.3, 0.4) is 0 Å². The van der Waals surface area contributed by atoms with Crippen molar-refractivity contribution in [1.29, 1.82) is 0 Å². The molecule has 0 spiro atoms. The quantitative estimate of drug-likeness (QED) is 0.549. The molecule has 0 atom stereocenters. The van der Waals surface area contributed by atoms with Crippen molar-refractivity contribution in [2.24, 2.45) is 0 Å². The van der Waals surface area contributed by atoms with Crippen LogP contribution in [0.2, 0.25) is 0 Å². The van der Waals surface area contributed by atoms with Crippen molar-refractivity contribution in [1.82, 2.24) is 0 Å². The molecule has 0 aliphatic carbocycles. The Hall–Kier alpha value is -0.410. The van der Waals surface area contributed by atoms with Gasteiger partial charge in [-0.2, -0.15) is 0 Å². The average molecular weight is 317 g/mol. The van der Waals surface area contributed by atoms with E-state index in [-0.39, 0.29) is 5.82 Å². The minimum absolute atomic E-state index is 0.221. The first-order valence-corrected chi connectivity index (χ1v) is 7.55. The standard InChI is InChI=1S/C15H22BrFO/c1-2-3-4-5-6-7-10-18-12-13-8-9-14(17)11-15(13)16/h8-9,11H,2-7,10,12H2,1H3. The molecule has 0 bridgehead atoms. The van der Waals surface area contributed by atoms with Gasteiger partial charge in [0.05, 0.1) is 6.61 Å². The zero-order valence-corrected chi connectivity index (χ0v) is 12.6. The van der Waals surface area contributed by atoms with Gasteiger partial charge in [-0.15, -0.1) is 0 Å². The summed E-state index contributed by atoms with van der Waals surface area (Å²) in [5.74, 6) is -0.221. The fourth-order valence-electron chi connectivity index (χ4n) is 1.81. The van der Waals surface area contributed by atoms with Crippen LogP contribution in [0.25, 0.3) is 0 Å². The Morgan fingerprint density at radius 2 is 1.83 bits per heavy atom. The Morgan fingerprint density at radius 1 is 1.11 bits per heavy atom. The molecule has 18 heavy (non-hydrogen) atoms. The fraction of sp³-hybridized carbons (Fsp3) is 0.600. The Labute approximate surface area is 118 Å². The molecule has 0 aliphatic heterocycles. The number of ether oxygens (including phenoxy) is 1. The molecule has 0 saturated carbocycles. The third-order valence-electron chi connectivity index (χ3n) is 2.91. The second-order valence-corrected chi connectivity index (χ2v) is 5.41. The van der Waals surface area contributed by atoms with Gasteiger partial charge in [-0.1, -0.05) is 61.0 Å². The Morgan fingerprint density at radius 3 is 2.56 bits per heavy atom. The number of rotatable bonds is 9. The highest BCUT2D eigenvalue weighted by molar-refractivity contribution is 9.10. The lowest BCUT2D eigenvalue weighted by Gasteiger charge is -2.06. The van der Waals surface area contributed by atoms with Crippen LogP contribution in [-0.4, -0.2) is 6.61 Å². The van der Waals surface area contributed by atoms with E-state index in [1.165, 1.54) is 44.2 Å². The fourth-order valence-corrected chi connectivity index (χ4v) is 2.27. The zero-order valence-electron chi connectivity index (χ0n) is 11.1. The van der Waals surface area contributed by atoms with E-state index in [9.17, 15) is 4.39 Å². The maximum Gasteiger partial charge on any atom is 0.124 e. The van der Waals surface area contributed by atoms with E-state index in [2.05, 4.69) is 22.9 Å². The third-order valence-corrected chi connectivity index (χ3v) is 3.65. The van der Waals surface area contributed by atoms with Gasteiger partial charge in [-0.3, -0.25) is 0 Å². The Bertz CT molecular complexity index is 341. The van der Waals surface area contributed by atoms with Gasteiger partial charge < -0.3 is 4.74 Å². The Balaban J connectivity index is 2.07. The highest BCUT2D eigenvalue weighted by Gasteiger charge is 2.01. The first kappa shape index (κ1) is 15.6. The molecule has 0 fully saturated rings. The van der Waals surface area contributed by atoms with Crippen LogP contribution in [0.15, 0.2) is 22.7 Å². The Kier molecular flexibility index (Phi) is 8.27. The van der Waals surface area contributed by atoms with Gasteiger partial charge >= 0.3 is 0 Å². The molecule has 0 N–H and O–H groups in total. The lowest BCUT2D eigenvalue weighted by Crippen LogP contribution is -1.97. The molecule has 0 saturated heterocycles. The third kappa shape index (κ3) is 6.50. The van der Waals surface area contributed by atoms with E-state index in [1.807, 2.05) is 0 Å². The smallest absolute Gasteiger partial charge is 0.124 e. The van der Waals surface area contributed by atoms with E-state index in [4.69, 9.17) is 4.74 Å². The number of halogens is 2. The predicted octanol–water partition coefficient (Wildman–Crippen LogP) is 5.47. The van der Waals surface area contributed by atoms with E-state index in [1.54, 1.807) is 6.07 Å². The van der Waals surface area contributed by atoms with Gasteiger partial charge in [0.25, 0.3) is 0 Å². The molecule has 0 amide bonds. The summed E-state index contributed by atoms with van der Waals surface area (Å²) in [6.07, 6.45) is 7.61. The van der Waals surface area contributed by atoms with Crippen LogP contribution in [0.5, 0.6) is 0 Å². The summed E-state index contributed by atoms with van der Waals surface area (Å²) >= 11 is 3.34. The minimum atomic E-state index is -0.221. The molecule has 0 heterocycles. The molecule has 0 unspecified atom stereocenters. The average Bonchev–Trinajstić information content (AvgIpc) is 2.35. The summed E-state index contributed by atoms with van der Waals surface area (Å²) in [4.78, 5) is 0. The summed E-state index contributed by atoms with van der Waals surface area (Å²) in [5.41, 5.74) is 1.00. The lowest BCUT2D eigenvalue weighted by molar-refractivity contribution is 0.116. The molecule has 0 radical (unpaired) electrons. The van der Waals surface area contributed by atoms with Crippen molar-refractivity contribution < 1.29 is 9.13 Å². The summed E-state index contributed by atoms with van der Waals surface area (Å²) in [6.45, 7) is 3.56. The molecule has 1 aromatic rings. The first-order chi connectivity index (χ1) is 8.74. The van der Waals surface area contributed by atoms with Gasteiger partial charge in [-0.05, 0) is 24.1 Å². The van der Waals surface area contributed by atoms with Crippen molar-refractivity contribution in [3.8, 4) is 0 Å². The summed E-state index contributed by atoms with van der Waals surface area (Å²) in [6, 6.07) is 4.71. The lowest BCUT2D eigenvalue weighted by atomic mass is 10.1. The molecule has 0 aromatic heterocycles. The van der Waals surface area contributed by atoms with Gasteiger partial charge in [0.1, 0.15) is 5.82 Å². The van der Waals surface area contributed by atoms with Crippen molar-refractivity contribution in [3.05, 3.63) is 34.1 Å². The van der Waals surface area contributed by atoms with Crippen molar-refractivity contribution in [3.63, 3.8) is 0 Å². The predicted molar refractivity (Wildman–Crippen MR) is 77.1 cm³/mol. The molecular weight excluding hydrogens is 295 g/mol. The molecule has 102 valence electrons. The SMILES string of the molecule is CCCCCCCCOCc1ccc(F)cc1Br. The molecule has 3 heteroatoms. The topological polar surface area (TPSA) is 9.23 Å². The minimum Gasteiger partial charge on any atom is -0.377 e. The maximum absolute atomic E-state index is 12.9. The second-order valence-electron chi connectivity index (χ2n) is 4.56. The van der Waals surface area contributed by atoms with Crippen LogP contribution < -0.4 is 0 Å². The number of hydrogen-bond acceptors (Lipinski definition) is 1. The van der Waals surface area contributed by atoms with E-state index in [0.29, 0.717) is 6.61 Å². The summed E-state index contributed by atoms with van der Waals surface area (Å²) in [7, 11) is 0. The monoisotopic (exact) mass is 316 g/mol. The highest BCUT2D eigenvalue weighted by Crippen LogP contribution is 2.18. The van der Waals surface area contributed by atoms with Crippen LogP contribution in [0, 0.1) is 5.82 Å². The molecule has 1 nitrogen and oxygen atoms in total. The van der Waals surface area contributed by atoms with Crippen molar-refractivity contribution >= 4 is 15.9 Å². The van der Waals surface area contributed by atoms with Crippen molar-refractivity contribution in [2.45, 2.75) is 52.1 Å². The normalized spacial score (nSPS) is 10.8. The van der Waals surface area contributed by atoms with Gasteiger partial charge in [0.2, 0.25) is 0 Å². The van der Waals surface area contributed by atoms with Crippen LogP contribution in [0.1, 0.15) is 51.0 Å².